The molecule has 1 aliphatic heterocycles. The minimum atomic E-state index is -0.267. The van der Waals surface area contributed by atoms with Gasteiger partial charge in [0.05, 0.1) is 17.8 Å². The highest BCUT2D eigenvalue weighted by atomic mass is 32.1. The van der Waals surface area contributed by atoms with E-state index in [2.05, 4.69) is 15.6 Å². The number of amides is 2. The van der Waals surface area contributed by atoms with Crippen LogP contribution in [0.2, 0.25) is 0 Å². The number of anilines is 1. The van der Waals surface area contributed by atoms with Gasteiger partial charge in [0, 0.05) is 24.6 Å². The van der Waals surface area contributed by atoms with E-state index >= 15 is 0 Å². The number of pyridine rings is 1. The van der Waals surface area contributed by atoms with Crippen LogP contribution in [-0.4, -0.2) is 35.6 Å². The second-order valence-corrected chi connectivity index (χ2v) is 6.58. The first-order valence-electron chi connectivity index (χ1n) is 7.86. The first kappa shape index (κ1) is 16.6. The molecular formula is C17H19N3O3S. The van der Waals surface area contributed by atoms with Gasteiger partial charge in [-0.15, -0.1) is 11.3 Å². The Morgan fingerprint density at radius 2 is 2.08 bits per heavy atom. The summed E-state index contributed by atoms with van der Waals surface area (Å²) in [6.45, 7) is 2.69. The van der Waals surface area contributed by atoms with Gasteiger partial charge < -0.3 is 15.4 Å². The zero-order valence-electron chi connectivity index (χ0n) is 13.3. The Labute approximate surface area is 144 Å². The SMILES string of the molecule is CC(NC(=O)c1sccc1NC(=O)c1ccncc1)C1CCCO1. The van der Waals surface area contributed by atoms with Gasteiger partial charge >= 0.3 is 0 Å². The van der Waals surface area contributed by atoms with Crippen LogP contribution in [0.3, 0.4) is 0 Å². The molecule has 0 aromatic carbocycles. The van der Waals surface area contributed by atoms with E-state index in [-0.39, 0.29) is 24.0 Å². The third-order valence-corrected chi connectivity index (χ3v) is 4.86. The number of ether oxygens (including phenoxy) is 1. The summed E-state index contributed by atoms with van der Waals surface area (Å²) in [5, 5.41) is 7.53. The van der Waals surface area contributed by atoms with Crippen LogP contribution in [0.1, 0.15) is 39.8 Å². The number of nitrogens with zero attached hydrogens (tertiary/aromatic N) is 1. The van der Waals surface area contributed by atoms with Gasteiger partial charge in [0.2, 0.25) is 0 Å². The van der Waals surface area contributed by atoms with E-state index in [4.69, 9.17) is 4.74 Å². The summed E-state index contributed by atoms with van der Waals surface area (Å²) in [5.41, 5.74) is 1.01. The van der Waals surface area contributed by atoms with Crippen LogP contribution < -0.4 is 10.6 Å². The number of thiophene rings is 1. The molecule has 0 aliphatic carbocycles. The third kappa shape index (κ3) is 3.80. The van der Waals surface area contributed by atoms with Crippen LogP contribution in [0.4, 0.5) is 5.69 Å². The number of carbonyl (C=O) groups is 2. The standard InChI is InChI=1S/C17H19N3O3S/c1-11(14-3-2-9-23-14)19-17(22)15-13(6-10-24-15)20-16(21)12-4-7-18-8-5-12/h4-8,10-11,14H,2-3,9H2,1H3,(H,19,22)(H,20,21). The van der Waals surface area contributed by atoms with Crippen molar-refractivity contribution in [1.82, 2.24) is 10.3 Å². The highest BCUT2D eigenvalue weighted by Crippen LogP contribution is 2.24. The molecule has 7 heteroatoms. The van der Waals surface area contributed by atoms with Crippen molar-refractivity contribution in [2.75, 3.05) is 11.9 Å². The van der Waals surface area contributed by atoms with Crippen molar-refractivity contribution >= 4 is 28.8 Å². The Bertz CT molecular complexity index is 711. The largest absolute Gasteiger partial charge is 0.376 e. The first-order valence-corrected chi connectivity index (χ1v) is 8.74. The maximum atomic E-state index is 12.5. The molecule has 3 heterocycles. The monoisotopic (exact) mass is 345 g/mol. The van der Waals surface area contributed by atoms with Gasteiger partial charge in [0.15, 0.2) is 0 Å². The Balaban J connectivity index is 1.66. The van der Waals surface area contributed by atoms with Crippen molar-refractivity contribution in [1.29, 1.82) is 0 Å². The molecule has 1 fully saturated rings. The molecule has 0 spiro atoms. The lowest BCUT2D eigenvalue weighted by Gasteiger charge is -2.20. The number of hydrogen-bond donors (Lipinski definition) is 2. The molecule has 2 N–H and O–H groups in total. The quantitative estimate of drug-likeness (QED) is 0.873. The summed E-state index contributed by atoms with van der Waals surface area (Å²) in [7, 11) is 0. The lowest BCUT2D eigenvalue weighted by Crippen LogP contribution is -2.40. The van der Waals surface area contributed by atoms with Gasteiger partial charge in [0.1, 0.15) is 4.88 Å². The van der Waals surface area contributed by atoms with E-state index < -0.39 is 0 Å². The average Bonchev–Trinajstić information content (AvgIpc) is 3.27. The topological polar surface area (TPSA) is 80.3 Å². The van der Waals surface area contributed by atoms with E-state index in [1.165, 1.54) is 11.3 Å². The van der Waals surface area contributed by atoms with Crippen LogP contribution in [0.5, 0.6) is 0 Å². The first-order chi connectivity index (χ1) is 11.6. The van der Waals surface area contributed by atoms with Gasteiger partial charge in [-0.25, -0.2) is 0 Å². The second-order valence-electron chi connectivity index (χ2n) is 5.67. The van der Waals surface area contributed by atoms with E-state index in [9.17, 15) is 9.59 Å². The minimum absolute atomic E-state index is 0.0590. The Kier molecular flexibility index (Phi) is 5.22. The van der Waals surface area contributed by atoms with Crippen LogP contribution in [-0.2, 0) is 4.74 Å². The Hall–Kier alpha value is -2.25. The second kappa shape index (κ2) is 7.55. The zero-order chi connectivity index (χ0) is 16.9. The fraction of sp³-hybridized carbons (Fsp3) is 0.353. The smallest absolute Gasteiger partial charge is 0.263 e. The number of rotatable bonds is 5. The highest BCUT2D eigenvalue weighted by Gasteiger charge is 2.25. The molecule has 1 saturated heterocycles. The molecule has 2 atom stereocenters. The van der Waals surface area contributed by atoms with Crippen molar-refractivity contribution in [2.24, 2.45) is 0 Å². The van der Waals surface area contributed by atoms with Crippen molar-refractivity contribution in [3.8, 4) is 0 Å². The molecule has 0 bridgehead atoms. The van der Waals surface area contributed by atoms with Crippen molar-refractivity contribution in [2.45, 2.75) is 31.9 Å². The fourth-order valence-electron chi connectivity index (χ4n) is 2.64. The number of hydrogen-bond acceptors (Lipinski definition) is 5. The maximum Gasteiger partial charge on any atom is 0.263 e. The Morgan fingerprint density at radius 3 is 2.79 bits per heavy atom. The zero-order valence-corrected chi connectivity index (χ0v) is 14.1. The molecule has 1 aliphatic rings. The molecule has 6 nitrogen and oxygen atoms in total. The summed E-state index contributed by atoms with van der Waals surface area (Å²) in [5.74, 6) is -0.463. The summed E-state index contributed by atoms with van der Waals surface area (Å²) in [6, 6.07) is 4.92. The predicted octanol–water partition coefficient (Wildman–Crippen LogP) is 2.69. The summed E-state index contributed by atoms with van der Waals surface area (Å²) in [4.78, 5) is 29.1. The lowest BCUT2D eigenvalue weighted by molar-refractivity contribution is 0.0715. The number of nitrogens with one attached hydrogen (secondary N) is 2. The third-order valence-electron chi connectivity index (χ3n) is 3.94. The van der Waals surface area contributed by atoms with Crippen LogP contribution in [0.25, 0.3) is 0 Å². The molecule has 24 heavy (non-hydrogen) atoms. The number of carbonyl (C=O) groups excluding carboxylic acids is 2. The Morgan fingerprint density at radius 1 is 1.29 bits per heavy atom. The summed E-state index contributed by atoms with van der Waals surface area (Å²) >= 11 is 1.30. The summed E-state index contributed by atoms with van der Waals surface area (Å²) in [6.07, 6.45) is 5.15. The van der Waals surface area contributed by atoms with E-state index in [0.717, 1.165) is 19.4 Å². The molecule has 2 unspecified atom stereocenters. The molecule has 126 valence electrons. The molecular weight excluding hydrogens is 326 g/mol. The predicted molar refractivity (Wildman–Crippen MR) is 92.4 cm³/mol. The molecule has 2 aromatic heterocycles. The molecule has 2 aromatic rings. The molecule has 0 saturated carbocycles. The van der Waals surface area contributed by atoms with Crippen LogP contribution in [0, 0.1) is 0 Å². The van der Waals surface area contributed by atoms with Gasteiger partial charge in [-0.2, -0.15) is 0 Å². The van der Waals surface area contributed by atoms with Crippen LogP contribution >= 0.6 is 11.3 Å². The molecule has 2 amide bonds. The van der Waals surface area contributed by atoms with Crippen molar-refractivity contribution in [3.05, 3.63) is 46.4 Å². The van der Waals surface area contributed by atoms with Gasteiger partial charge in [-0.3, -0.25) is 14.6 Å². The number of aromatic nitrogens is 1. The van der Waals surface area contributed by atoms with Gasteiger partial charge in [-0.1, -0.05) is 0 Å². The van der Waals surface area contributed by atoms with Crippen molar-refractivity contribution < 1.29 is 14.3 Å². The van der Waals surface area contributed by atoms with Gasteiger partial charge in [-0.05, 0) is 43.3 Å². The van der Waals surface area contributed by atoms with E-state index in [1.807, 2.05) is 6.92 Å². The average molecular weight is 345 g/mol. The fourth-order valence-corrected chi connectivity index (χ4v) is 3.40. The minimum Gasteiger partial charge on any atom is -0.376 e. The lowest BCUT2D eigenvalue weighted by atomic mass is 10.1. The van der Waals surface area contributed by atoms with E-state index in [1.54, 1.807) is 36.0 Å². The summed E-state index contributed by atoms with van der Waals surface area (Å²) < 4.78 is 5.60. The van der Waals surface area contributed by atoms with E-state index in [0.29, 0.717) is 16.1 Å². The van der Waals surface area contributed by atoms with Crippen LogP contribution in [0.15, 0.2) is 36.0 Å². The van der Waals surface area contributed by atoms with Gasteiger partial charge in [0.25, 0.3) is 11.8 Å². The van der Waals surface area contributed by atoms with Crippen molar-refractivity contribution in [3.63, 3.8) is 0 Å². The highest BCUT2D eigenvalue weighted by molar-refractivity contribution is 7.12. The maximum absolute atomic E-state index is 12.5. The normalized spacial score (nSPS) is 18.1. The molecule has 3 rings (SSSR count). The molecule has 0 radical (unpaired) electrons.